The van der Waals surface area contributed by atoms with Gasteiger partial charge in [0.2, 0.25) is 0 Å². The van der Waals surface area contributed by atoms with Crippen molar-refractivity contribution in [1.29, 1.82) is 0 Å². The fraction of sp³-hybridized carbons (Fsp3) is 0.182. The van der Waals surface area contributed by atoms with E-state index < -0.39 is 0 Å². The molecule has 0 atom stereocenters. The van der Waals surface area contributed by atoms with Crippen LogP contribution in [0.15, 0.2) is 70.8 Å². The molecule has 6 nitrogen and oxygen atoms in total. The van der Waals surface area contributed by atoms with E-state index in [0.717, 1.165) is 10.0 Å². The van der Waals surface area contributed by atoms with E-state index in [1.807, 2.05) is 41.8 Å². The van der Waals surface area contributed by atoms with Crippen molar-refractivity contribution in [3.63, 3.8) is 0 Å². The highest BCUT2D eigenvalue weighted by Gasteiger charge is 2.15. The normalized spacial score (nSPS) is 10.6. The molecule has 3 rings (SSSR count). The van der Waals surface area contributed by atoms with Gasteiger partial charge in [-0.1, -0.05) is 63.6 Å². The third-order valence-corrected chi connectivity index (χ3v) is 5.79. The molecule has 0 radical (unpaired) electrons. The largest absolute Gasteiger partial charge is 0.345 e. The first-order valence-corrected chi connectivity index (χ1v) is 11.0. The average molecular weight is 485 g/mol. The fourth-order valence-corrected chi connectivity index (χ4v) is 3.89. The topological polar surface area (TPSA) is 76.9 Å². The number of hydrogen-bond donors (Lipinski definition) is 1. The molecule has 1 N–H and O–H groups in total. The number of halogens is 1. The number of ketones is 1. The number of Topliss-reactive ketones (excluding diaryl/α,β-unsaturated/α-hetero) is 1. The van der Waals surface area contributed by atoms with Crippen LogP contribution < -0.4 is 5.32 Å². The summed E-state index contributed by atoms with van der Waals surface area (Å²) < 4.78 is 2.78. The van der Waals surface area contributed by atoms with Crippen molar-refractivity contribution < 1.29 is 9.59 Å². The molecule has 0 bridgehead atoms. The number of nitrogens with one attached hydrogen (secondary N) is 1. The zero-order valence-electron chi connectivity index (χ0n) is 16.5. The monoisotopic (exact) mass is 484 g/mol. The van der Waals surface area contributed by atoms with Crippen molar-refractivity contribution in [2.75, 3.05) is 5.75 Å². The van der Waals surface area contributed by atoms with Crippen LogP contribution in [-0.2, 0) is 13.1 Å². The van der Waals surface area contributed by atoms with Gasteiger partial charge in [0.25, 0.3) is 5.91 Å². The van der Waals surface area contributed by atoms with Crippen molar-refractivity contribution in [3.05, 3.63) is 88.2 Å². The van der Waals surface area contributed by atoms with Gasteiger partial charge < -0.3 is 9.88 Å². The Hall–Kier alpha value is -2.71. The van der Waals surface area contributed by atoms with Crippen molar-refractivity contribution in [3.8, 4) is 0 Å². The minimum absolute atomic E-state index is 0.00922. The zero-order chi connectivity index (χ0) is 21.5. The first kappa shape index (κ1) is 22.0. The molecule has 8 heteroatoms. The van der Waals surface area contributed by atoms with Crippen LogP contribution in [0.4, 0.5) is 0 Å². The Morgan fingerprint density at radius 1 is 1.17 bits per heavy atom. The third-order valence-electron chi connectivity index (χ3n) is 4.29. The second-order valence-electron chi connectivity index (χ2n) is 6.57. The standard InChI is InChI=1S/C22H21BrN4O2S/c1-3-11-27-20(13-24-21(29)17-6-4-5-15(2)12-17)25-26-22(27)30-14-19(28)16-7-9-18(23)10-8-16/h3-10,12H,1,11,13-14H2,2H3,(H,24,29). The maximum Gasteiger partial charge on any atom is 0.251 e. The number of nitrogens with zero attached hydrogens (tertiary/aromatic N) is 3. The van der Waals surface area contributed by atoms with E-state index in [0.29, 0.717) is 28.7 Å². The lowest BCUT2D eigenvalue weighted by molar-refractivity contribution is 0.0948. The van der Waals surface area contributed by atoms with E-state index in [-0.39, 0.29) is 24.0 Å². The summed E-state index contributed by atoms with van der Waals surface area (Å²) in [5, 5.41) is 11.9. The Morgan fingerprint density at radius 3 is 2.63 bits per heavy atom. The number of amides is 1. The highest BCUT2D eigenvalue weighted by Crippen LogP contribution is 2.20. The third kappa shape index (κ3) is 5.67. The molecule has 2 aromatic carbocycles. The lowest BCUT2D eigenvalue weighted by Crippen LogP contribution is -2.25. The molecule has 0 aliphatic rings. The summed E-state index contributed by atoms with van der Waals surface area (Å²) in [6, 6.07) is 14.6. The van der Waals surface area contributed by atoms with E-state index in [1.54, 1.807) is 24.3 Å². The van der Waals surface area contributed by atoms with E-state index in [4.69, 9.17) is 0 Å². The van der Waals surface area contributed by atoms with Crippen LogP contribution in [0.3, 0.4) is 0 Å². The number of allylic oxidation sites excluding steroid dienone is 1. The minimum Gasteiger partial charge on any atom is -0.345 e. The number of hydrogen-bond acceptors (Lipinski definition) is 5. The second-order valence-corrected chi connectivity index (χ2v) is 8.43. The first-order chi connectivity index (χ1) is 14.5. The Bertz CT molecular complexity index is 1060. The molecular weight excluding hydrogens is 464 g/mol. The quantitative estimate of drug-likeness (QED) is 0.276. The first-order valence-electron chi connectivity index (χ1n) is 9.27. The number of benzene rings is 2. The molecule has 0 aliphatic heterocycles. The molecule has 0 saturated carbocycles. The Labute approximate surface area is 187 Å². The molecular formula is C22H21BrN4O2S. The summed E-state index contributed by atoms with van der Waals surface area (Å²) in [6.45, 7) is 6.43. The van der Waals surface area contributed by atoms with Gasteiger partial charge in [0, 0.05) is 22.1 Å². The predicted molar refractivity (Wildman–Crippen MR) is 122 cm³/mol. The average Bonchev–Trinajstić information content (AvgIpc) is 3.12. The fourth-order valence-electron chi connectivity index (χ4n) is 2.77. The van der Waals surface area contributed by atoms with Gasteiger partial charge in [0.05, 0.1) is 12.3 Å². The molecule has 1 aromatic heterocycles. The van der Waals surface area contributed by atoms with Crippen LogP contribution in [0.2, 0.25) is 0 Å². The van der Waals surface area contributed by atoms with Gasteiger partial charge in [-0.25, -0.2) is 0 Å². The van der Waals surface area contributed by atoms with Gasteiger partial charge in [-0.2, -0.15) is 0 Å². The van der Waals surface area contributed by atoms with Crippen molar-refractivity contribution in [2.45, 2.75) is 25.2 Å². The molecule has 3 aromatic rings. The summed E-state index contributed by atoms with van der Waals surface area (Å²) in [5.74, 6) is 0.683. The van der Waals surface area contributed by atoms with Crippen LogP contribution in [0.25, 0.3) is 0 Å². The van der Waals surface area contributed by atoms with Gasteiger partial charge in [-0.15, -0.1) is 16.8 Å². The molecule has 0 unspecified atom stereocenters. The van der Waals surface area contributed by atoms with Crippen molar-refractivity contribution in [2.24, 2.45) is 0 Å². The van der Waals surface area contributed by atoms with Crippen molar-refractivity contribution in [1.82, 2.24) is 20.1 Å². The number of carbonyl (C=O) groups is 2. The second kappa shape index (κ2) is 10.4. The zero-order valence-corrected chi connectivity index (χ0v) is 18.9. The van der Waals surface area contributed by atoms with Gasteiger partial charge >= 0.3 is 0 Å². The highest BCUT2D eigenvalue weighted by molar-refractivity contribution is 9.10. The van der Waals surface area contributed by atoms with E-state index >= 15 is 0 Å². The number of aromatic nitrogens is 3. The maximum atomic E-state index is 12.4. The van der Waals surface area contributed by atoms with Crippen LogP contribution in [0.1, 0.15) is 32.1 Å². The summed E-state index contributed by atoms with van der Waals surface area (Å²) >= 11 is 4.68. The number of rotatable bonds is 9. The van der Waals surface area contributed by atoms with Gasteiger partial charge in [0.15, 0.2) is 16.8 Å². The van der Waals surface area contributed by atoms with E-state index in [9.17, 15) is 9.59 Å². The summed E-state index contributed by atoms with van der Waals surface area (Å²) in [7, 11) is 0. The number of carbonyl (C=O) groups excluding carboxylic acids is 2. The highest BCUT2D eigenvalue weighted by atomic mass is 79.9. The Kier molecular flexibility index (Phi) is 7.59. The van der Waals surface area contributed by atoms with E-state index in [2.05, 4.69) is 38.0 Å². The molecule has 0 aliphatic carbocycles. The smallest absolute Gasteiger partial charge is 0.251 e. The van der Waals surface area contributed by atoms with Crippen molar-refractivity contribution >= 4 is 39.4 Å². The van der Waals surface area contributed by atoms with Crippen LogP contribution in [-0.4, -0.2) is 32.2 Å². The molecule has 0 saturated heterocycles. The molecule has 30 heavy (non-hydrogen) atoms. The van der Waals surface area contributed by atoms with Crippen LogP contribution in [0.5, 0.6) is 0 Å². The lowest BCUT2D eigenvalue weighted by Gasteiger charge is -2.09. The molecule has 154 valence electrons. The Balaban J connectivity index is 1.65. The summed E-state index contributed by atoms with van der Waals surface area (Å²) in [6.07, 6.45) is 1.73. The predicted octanol–water partition coefficient (Wildman–Crippen LogP) is 4.44. The maximum absolute atomic E-state index is 12.4. The van der Waals surface area contributed by atoms with Gasteiger partial charge in [-0.05, 0) is 31.2 Å². The lowest BCUT2D eigenvalue weighted by atomic mass is 10.1. The number of thioether (sulfide) groups is 1. The van der Waals surface area contributed by atoms with Gasteiger partial charge in [-0.3, -0.25) is 9.59 Å². The van der Waals surface area contributed by atoms with Gasteiger partial charge in [0.1, 0.15) is 0 Å². The SMILES string of the molecule is C=CCn1c(CNC(=O)c2cccc(C)c2)nnc1SCC(=O)c1ccc(Br)cc1. The number of aryl methyl sites for hydroxylation is 1. The van der Waals surface area contributed by atoms with E-state index in [1.165, 1.54) is 11.8 Å². The molecule has 1 amide bonds. The molecule has 0 fully saturated rings. The summed E-state index contributed by atoms with van der Waals surface area (Å²) in [4.78, 5) is 24.8. The summed E-state index contributed by atoms with van der Waals surface area (Å²) in [5.41, 5.74) is 2.26. The van der Waals surface area contributed by atoms with Crippen LogP contribution in [0, 0.1) is 6.92 Å². The van der Waals surface area contributed by atoms with Crippen LogP contribution >= 0.6 is 27.7 Å². The Morgan fingerprint density at radius 2 is 1.93 bits per heavy atom. The molecule has 0 spiro atoms. The minimum atomic E-state index is -0.175. The molecule has 1 heterocycles.